The highest BCUT2D eigenvalue weighted by Gasteiger charge is 2.64. The lowest BCUT2D eigenvalue weighted by molar-refractivity contribution is -0.122. The number of fused-ring (bicyclic) bond motifs is 5. The molecule has 174 valence electrons. The van der Waals surface area contributed by atoms with Crippen molar-refractivity contribution in [1.82, 2.24) is 0 Å². The van der Waals surface area contributed by atoms with Gasteiger partial charge in [-0.2, -0.15) is 0 Å². The smallest absolute Gasteiger partial charge is 0.240 e. The molecule has 3 aliphatic rings. The maximum atomic E-state index is 14.0. The minimum absolute atomic E-state index is 0.217. The van der Waals surface area contributed by atoms with E-state index in [1.807, 2.05) is 23.1 Å². The van der Waals surface area contributed by atoms with Gasteiger partial charge in [0.2, 0.25) is 11.8 Å². The predicted octanol–water partition coefficient (Wildman–Crippen LogP) is 6.03. The largest absolute Gasteiger partial charge is 0.352 e. The van der Waals surface area contributed by atoms with Gasteiger partial charge in [-0.05, 0) is 48.0 Å². The number of anilines is 2. The van der Waals surface area contributed by atoms with E-state index in [2.05, 4.69) is 15.9 Å². The van der Waals surface area contributed by atoms with E-state index < -0.39 is 29.8 Å². The van der Waals surface area contributed by atoms with Gasteiger partial charge in [-0.3, -0.25) is 14.4 Å². The summed E-state index contributed by atoms with van der Waals surface area (Å²) < 4.78 is 0.841. The zero-order valence-electron chi connectivity index (χ0n) is 18.1. The standard InChI is InChI=1S/C27H17BrCl2N2O3/c28-16-8-4-15(5-9-16)25(33)24-23-22(20-11-7-14-6-10-18(30)13-21(14)32(20)24)26(34)31(27(23)35)19-3-1-2-17(29)12-19/h1-13,20,22-24H/t20-,22-,23+,24-/m0/s1. The molecule has 0 aliphatic carbocycles. The molecule has 0 bridgehead atoms. The summed E-state index contributed by atoms with van der Waals surface area (Å²) in [5, 5.41) is 0.938. The molecule has 4 atom stereocenters. The monoisotopic (exact) mass is 566 g/mol. The average molecular weight is 568 g/mol. The topological polar surface area (TPSA) is 57.7 Å². The number of halogens is 3. The Labute approximate surface area is 220 Å². The lowest BCUT2D eigenvalue weighted by Crippen LogP contribution is -2.48. The van der Waals surface area contributed by atoms with Gasteiger partial charge < -0.3 is 4.90 Å². The SMILES string of the molecule is O=C(c1ccc(Br)cc1)[C@@H]1[C@@H]2C(=O)N(c3cccc(Cl)c3)C(=O)[C@H]2[C@@H]2C=Cc3ccc(Cl)cc3N12. The van der Waals surface area contributed by atoms with E-state index in [4.69, 9.17) is 23.2 Å². The van der Waals surface area contributed by atoms with E-state index in [-0.39, 0.29) is 11.7 Å². The first-order valence-corrected chi connectivity index (χ1v) is 12.6. The molecule has 0 saturated carbocycles. The molecule has 0 N–H and O–H groups in total. The number of carbonyl (C=O) groups excluding carboxylic acids is 3. The van der Waals surface area contributed by atoms with Crippen molar-refractivity contribution in [2.75, 3.05) is 9.80 Å². The third kappa shape index (κ3) is 3.46. The van der Waals surface area contributed by atoms with Crippen molar-refractivity contribution >= 4 is 74.2 Å². The fourth-order valence-corrected chi connectivity index (χ4v) is 6.10. The van der Waals surface area contributed by atoms with Gasteiger partial charge in [0.25, 0.3) is 0 Å². The Morgan fingerprint density at radius 1 is 0.857 bits per heavy atom. The normalized spacial score (nSPS) is 24.4. The molecule has 3 aromatic rings. The van der Waals surface area contributed by atoms with Crippen molar-refractivity contribution in [2.45, 2.75) is 12.1 Å². The molecule has 0 aromatic heterocycles. The Morgan fingerprint density at radius 2 is 1.57 bits per heavy atom. The lowest BCUT2D eigenvalue weighted by Gasteiger charge is -2.36. The molecule has 2 amide bonds. The van der Waals surface area contributed by atoms with Crippen LogP contribution in [0.5, 0.6) is 0 Å². The Bertz CT molecular complexity index is 1440. The second kappa shape index (κ2) is 8.33. The number of hydrogen-bond donors (Lipinski definition) is 0. The van der Waals surface area contributed by atoms with E-state index in [0.717, 1.165) is 15.7 Å². The molecule has 3 aromatic carbocycles. The third-order valence-corrected chi connectivity index (χ3v) is 7.93. The van der Waals surface area contributed by atoms with Gasteiger partial charge in [-0.15, -0.1) is 0 Å². The van der Waals surface area contributed by atoms with Gasteiger partial charge in [-0.25, -0.2) is 4.90 Å². The van der Waals surface area contributed by atoms with Crippen LogP contribution in [0.1, 0.15) is 15.9 Å². The van der Waals surface area contributed by atoms with Gasteiger partial charge in [0, 0.05) is 25.8 Å². The highest BCUT2D eigenvalue weighted by atomic mass is 79.9. The summed E-state index contributed by atoms with van der Waals surface area (Å²) in [6, 6.07) is 17.8. The highest BCUT2D eigenvalue weighted by molar-refractivity contribution is 9.10. The maximum Gasteiger partial charge on any atom is 0.240 e. The second-order valence-electron chi connectivity index (χ2n) is 8.82. The van der Waals surface area contributed by atoms with Crippen molar-refractivity contribution in [3.8, 4) is 0 Å². The van der Waals surface area contributed by atoms with E-state index in [1.165, 1.54) is 4.90 Å². The van der Waals surface area contributed by atoms with Crippen LogP contribution in [0.4, 0.5) is 11.4 Å². The first-order valence-electron chi connectivity index (χ1n) is 11.0. The van der Waals surface area contributed by atoms with E-state index in [1.54, 1.807) is 60.7 Å². The molecule has 5 nitrogen and oxygen atoms in total. The highest BCUT2D eigenvalue weighted by Crippen LogP contribution is 2.50. The van der Waals surface area contributed by atoms with Gasteiger partial charge in [-0.1, -0.05) is 75.5 Å². The van der Waals surface area contributed by atoms with Gasteiger partial charge >= 0.3 is 0 Å². The summed E-state index contributed by atoms with van der Waals surface area (Å²) >= 11 is 15.9. The summed E-state index contributed by atoms with van der Waals surface area (Å²) in [5.41, 5.74) is 2.50. The minimum atomic E-state index is -0.867. The number of carbonyl (C=O) groups is 3. The van der Waals surface area contributed by atoms with Crippen molar-refractivity contribution < 1.29 is 14.4 Å². The number of amides is 2. The number of imide groups is 1. The molecule has 0 spiro atoms. The Kier molecular flexibility index (Phi) is 5.36. The molecule has 2 fully saturated rings. The predicted molar refractivity (Wildman–Crippen MR) is 140 cm³/mol. The molecule has 8 heteroatoms. The molecule has 0 unspecified atom stereocenters. The number of Topliss-reactive ketones (excluding diaryl/α,β-unsaturated/α-hetero) is 1. The molecule has 35 heavy (non-hydrogen) atoms. The summed E-state index contributed by atoms with van der Waals surface area (Å²) in [6.45, 7) is 0. The fourth-order valence-electron chi connectivity index (χ4n) is 5.49. The van der Waals surface area contributed by atoms with E-state index in [9.17, 15) is 14.4 Å². The van der Waals surface area contributed by atoms with Gasteiger partial charge in [0.1, 0.15) is 6.04 Å². The third-order valence-electron chi connectivity index (χ3n) is 6.93. The molecule has 3 heterocycles. The van der Waals surface area contributed by atoms with Gasteiger partial charge in [0.05, 0.1) is 23.6 Å². The second-order valence-corrected chi connectivity index (χ2v) is 10.6. The molecule has 2 saturated heterocycles. The molecule has 6 rings (SSSR count). The van der Waals surface area contributed by atoms with Crippen LogP contribution in [0, 0.1) is 11.8 Å². The van der Waals surface area contributed by atoms with Crippen LogP contribution in [0.3, 0.4) is 0 Å². The number of rotatable bonds is 3. The quantitative estimate of drug-likeness (QED) is 0.286. The molecule has 0 radical (unpaired) electrons. The van der Waals surface area contributed by atoms with E-state index >= 15 is 0 Å². The van der Waals surface area contributed by atoms with Crippen LogP contribution in [0.2, 0.25) is 10.0 Å². The first kappa shape index (κ1) is 22.5. The lowest BCUT2D eigenvalue weighted by atomic mass is 9.86. The van der Waals surface area contributed by atoms with Crippen LogP contribution >= 0.6 is 39.1 Å². The van der Waals surface area contributed by atoms with Crippen LogP contribution < -0.4 is 9.80 Å². The summed E-state index contributed by atoms with van der Waals surface area (Å²) in [4.78, 5) is 44.7. The summed E-state index contributed by atoms with van der Waals surface area (Å²) in [5.74, 6) is -2.51. The minimum Gasteiger partial charge on any atom is -0.352 e. The van der Waals surface area contributed by atoms with E-state index in [0.29, 0.717) is 21.3 Å². The number of ketones is 1. The summed E-state index contributed by atoms with van der Waals surface area (Å²) in [6.07, 6.45) is 3.84. The van der Waals surface area contributed by atoms with Crippen LogP contribution in [-0.2, 0) is 9.59 Å². The van der Waals surface area contributed by atoms with Gasteiger partial charge in [0.15, 0.2) is 5.78 Å². The van der Waals surface area contributed by atoms with Crippen LogP contribution in [0.25, 0.3) is 6.08 Å². The average Bonchev–Trinajstić information content (AvgIpc) is 3.32. The Morgan fingerprint density at radius 3 is 2.31 bits per heavy atom. The fraction of sp³-hybridized carbons (Fsp3) is 0.148. The van der Waals surface area contributed by atoms with Crippen LogP contribution in [0.15, 0.2) is 77.3 Å². The van der Waals surface area contributed by atoms with Crippen molar-refractivity contribution in [3.63, 3.8) is 0 Å². The zero-order chi connectivity index (χ0) is 24.4. The summed E-state index contributed by atoms with van der Waals surface area (Å²) in [7, 11) is 0. The molecular weight excluding hydrogens is 551 g/mol. The van der Waals surface area contributed by atoms with Crippen molar-refractivity contribution in [1.29, 1.82) is 0 Å². The zero-order valence-corrected chi connectivity index (χ0v) is 21.2. The molecule has 3 aliphatic heterocycles. The Hall–Kier alpha value is -2.93. The van der Waals surface area contributed by atoms with Crippen LogP contribution in [-0.4, -0.2) is 29.7 Å². The Balaban J connectivity index is 1.51. The maximum absolute atomic E-state index is 14.0. The van der Waals surface area contributed by atoms with Crippen molar-refractivity contribution in [2.24, 2.45) is 11.8 Å². The number of nitrogens with zero attached hydrogens (tertiary/aromatic N) is 2. The number of hydrogen-bond acceptors (Lipinski definition) is 4. The molecular formula is C27H17BrCl2N2O3. The van der Waals surface area contributed by atoms with Crippen molar-refractivity contribution in [3.05, 3.63) is 98.5 Å². The first-order chi connectivity index (χ1) is 16.8. The number of benzene rings is 3.